The fourth-order valence-corrected chi connectivity index (χ4v) is 3.78. The van der Waals surface area contributed by atoms with Crippen molar-refractivity contribution in [2.45, 2.75) is 26.4 Å². The number of hydrogen-bond donors (Lipinski definition) is 2. The molecule has 3 rings (SSSR count). The fourth-order valence-electron chi connectivity index (χ4n) is 3.78. The summed E-state index contributed by atoms with van der Waals surface area (Å²) in [4.78, 5) is 3.87. The van der Waals surface area contributed by atoms with Gasteiger partial charge in [0.15, 0.2) is 0 Å². The molecule has 0 aliphatic carbocycles. The Kier molecular flexibility index (Phi) is 7.12. The van der Waals surface area contributed by atoms with Crippen LogP contribution in [0.5, 0.6) is 5.75 Å². The molecule has 1 heterocycles. The second-order valence-electron chi connectivity index (χ2n) is 7.85. The molecule has 0 amide bonds. The quantitative estimate of drug-likeness (QED) is 0.689. The number of nitrogens with one attached hydrogen (secondary N) is 1. The zero-order valence-electron chi connectivity index (χ0n) is 17.2. The molecular formula is C24H33N2O2+. The normalized spacial score (nSPS) is 16.0. The van der Waals surface area contributed by atoms with Gasteiger partial charge >= 0.3 is 0 Å². The first-order valence-electron chi connectivity index (χ1n) is 10.2. The number of aryl methyl sites for hydroxylation is 2. The molecule has 2 aromatic rings. The molecule has 1 saturated heterocycles. The van der Waals surface area contributed by atoms with Crippen LogP contribution in [0.3, 0.4) is 0 Å². The van der Waals surface area contributed by atoms with E-state index in [9.17, 15) is 5.11 Å². The van der Waals surface area contributed by atoms with Crippen LogP contribution in [0.25, 0.3) is 0 Å². The van der Waals surface area contributed by atoms with Crippen LogP contribution in [-0.4, -0.2) is 50.5 Å². The molecule has 4 heteroatoms. The zero-order valence-corrected chi connectivity index (χ0v) is 17.2. The van der Waals surface area contributed by atoms with Gasteiger partial charge in [-0.1, -0.05) is 41.5 Å². The van der Waals surface area contributed by atoms with Crippen LogP contribution < -0.4 is 14.5 Å². The molecule has 0 aromatic heterocycles. The van der Waals surface area contributed by atoms with Crippen molar-refractivity contribution in [2.24, 2.45) is 0 Å². The lowest BCUT2D eigenvalue weighted by atomic mass is 10.1. The molecule has 1 aliphatic rings. The third kappa shape index (κ3) is 5.60. The third-order valence-corrected chi connectivity index (χ3v) is 5.41. The Morgan fingerprint density at radius 1 is 1.11 bits per heavy atom. The molecule has 1 aliphatic heterocycles. The summed E-state index contributed by atoms with van der Waals surface area (Å²) in [6, 6.07) is 14.9. The highest BCUT2D eigenvalue weighted by Gasteiger charge is 2.23. The topological polar surface area (TPSA) is 37.1 Å². The van der Waals surface area contributed by atoms with E-state index in [2.05, 4.69) is 55.7 Å². The molecule has 0 radical (unpaired) electrons. The van der Waals surface area contributed by atoms with Gasteiger partial charge < -0.3 is 19.6 Å². The maximum Gasteiger partial charge on any atom is 0.137 e. The van der Waals surface area contributed by atoms with Gasteiger partial charge in [0.05, 0.1) is 26.2 Å². The first-order chi connectivity index (χ1) is 13.5. The molecule has 150 valence electrons. The number of aliphatic hydroxyl groups excluding tert-OH is 1. The van der Waals surface area contributed by atoms with Crippen molar-refractivity contribution >= 4 is 5.69 Å². The van der Waals surface area contributed by atoms with Gasteiger partial charge in [0.25, 0.3) is 0 Å². The van der Waals surface area contributed by atoms with Crippen LogP contribution in [0.2, 0.25) is 0 Å². The zero-order chi connectivity index (χ0) is 19.9. The van der Waals surface area contributed by atoms with Crippen LogP contribution in [0.4, 0.5) is 5.69 Å². The minimum absolute atomic E-state index is 0.332. The van der Waals surface area contributed by atoms with Gasteiger partial charge in [0.1, 0.15) is 25.0 Å². The molecule has 0 bridgehead atoms. The highest BCUT2D eigenvalue weighted by molar-refractivity contribution is 5.47. The van der Waals surface area contributed by atoms with E-state index >= 15 is 0 Å². The Hall–Kier alpha value is -2.30. The summed E-state index contributed by atoms with van der Waals surface area (Å²) < 4.78 is 5.93. The van der Waals surface area contributed by atoms with Gasteiger partial charge in [0, 0.05) is 5.69 Å². The molecule has 28 heavy (non-hydrogen) atoms. The molecular weight excluding hydrogens is 348 g/mol. The highest BCUT2D eigenvalue weighted by atomic mass is 16.5. The molecule has 4 nitrogen and oxygen atoms in total. The summed E-state index contributed by atoms with van der Waals surface area (Å²) in [5.74, 6) is 0.851. The van der Waals surface area contributed by atoms with Gasteiger partial charge in [-0.2, -0.15) is 0 Å². The molecule has 2 N–H and O–H groups in total. The van der Waals surface area contributed by atoms with Gasteiger partial charge in [-0.25, -0.2) is 0 Å². The van der Waals surface area contributed by atoms with E-state index in [1.165, 1.54) is 21.7 Å². The Morgan fingerprint density at radius 2 is 1.79 bits per heavy atom. The smallest absolute Gasteiger partial charge is 0.137 e. The largest absolute Gasteiger partial charge is 0.490 e. The standard InChI is InChI=1S/C24H32N2O2/c1-4-5-21-16-20(3)8-11-24(21)28-18-23(27)17-25-12-14-26(15-13-25)22-9-6-19(2)7-10-22/h4,6-11,16,23,27H,1,5,12-15,17-18H2,2-3H3/p+1/t23-/m1/s1. The summed E-state index contributed by atoms with van der Waals surface area (Å²) in [5, 5.41) is 10.5. The van der Waals surface area contributed by atoms with Crippen LogP contribution in [0.1, 0.15) is 16.7 Å². The van der Waals surface area contributed by atoms with Crippen LogP contribution in [0.15, 0.2) is 55.1 Å². The van der Waals surface area contributed by atoms with E-state index in [0.717, 1.165) is 50.5 Å². The summed E-state index contributed by atoms with van der Waals surface area (Å²) >= 11 is 0. The predicted molar refractivity (Wildman–Crippen MR) is 116 cm³/mol. The van der Waals surface area contributed by atoms with E-state index in [0.29, 0.717) is 6.61 Å². The van der Waals surface area contributed by atoms with E-state index in [-0.39, 0.29) is 0 Å². The number of quaternary nitrogens is 1. The van der Waals surface area contributed by atoms with Gasteiger partial charge in [-0.05, 0) is 44.0 Å². The maximum absolute atomic E-state index is 10.5. The first-order valence-corrected chi connectivity index (χ1v) is 10.2. The number of anilines is 1. The van der Waals surface area contributed by atoms with Crippen molar-refractivity contribution in [3.63, 3.8) is 0 Å². The highest BCUT2D eigenvalue weighted by Crippen LogP contribution is 2.21. The van der Waals surface area contributed by atoms with E-state index in [1.54, 1.807) is 0 Å². The average Bonchev–Trinajstić information content (AvgIpc) is 2.69. The molecule has 0 unspecified atom stereocenters. The Labute approximate surface area is 169 Å². The number of hydrogen-bond acceptors (Lipinski definition) is 3. The second kappa shape index (κ2) is 9.76. The van der Waals surface area contributed by atoms with Gasteiger partial charge in [-0.3, -0.25) is 0 Å². The van der Waals surface area contributed by atoms with Crippen molar-refractivity contribution in [3.8, 4) is 5.75 Å². The van der Waals surface area contributed by atoms with Gasteiger partial charge in [-0.15, -0.1) is 6.58 Å². The number of rotatable bonds is 8. The van der Waals surface area contributed by atoms with Crippen molar-refractivity contribution in [1.29, 1.82) is 0 Å². The van der Waals surface area contributed by atoms with Crippen molar-refractivity contribution in [1.82, 2.24) is 0 Å². The van der Waals surface area contributed by atoms with Crippen molar-refractivity contribution < 1.29 is 14.7 Å². The lowest BCUT2D eigenvalue weighted by Crippen LogP contribution is -3.16. The molecule has 0 spiro atoms. The molecule has 1 fully saturated rings. The number of ether oxygens (including phenoxy) is 1. The number of nitrogens with zero attached hydrogens (tertiary/aromatic N) is 1. The molecule has 2 aromatic carbocycles. The summed E-state index contributed by atoms with van der Waals surface area (Å²) in [5.41, 5.74) is 4.92. The predicted octanol–water partition coefficient (Wildman–Crippen LogP) is 2.18. The van der Waals surface area contributed by atoms with Crippen LogP contribution >= 0.6 is 0 Å². The lowest BCUT2D eigenvalue weighted by Gasteiger charge is -2.34. The Balaban J connectivity index is 1.45. The lowest BCUT2D eigenvalue weighted by molar-refractivity contribution is -0.903. The van der Waals surface area contributed by atoms with E-state index in [4.69, 9.17) is 4.74 Å². The van der Waals surface area contributed by atoms with Crippen molar-refractivity contribution in [3.05, 3.63) is 71.8 Å². The summed E-state index contributed by atoms with van der Waals surface area (Å²) in [6.45, 7) is 13.2. The number of allylic oxidation sites excluding steroid dienone is 1. The monoisotopic (exact) mass is 381 g/mol. The van der Waals surface area contributed by atoms with E-state index in [1.807, 2.05) is 18.2 Å². The maximum atomic E-state index is 10.5. The molecule has 0 saturated carbocycles. The first kappa shape index (κ1) is 20.4. The van der Waals surface area contributed by atoms with Crippen LogP contribution in [0, 0.1) is 13.8 Å². The van der Waals surface area contributed by atoms with Gasteiger partial charge in [0.2, 0.25) is 0 Å². The summed E-state index contributed by atoms with van der Waals surface area (Å²) in [7, 11) is 0. The minimum Gasteiger partial charge on any atom is -0.490 e. The Bertz CT molecular complexity index is 765. The number of benzene rings is 2. The van der Waals surface area contributed by atoms with Crippen molar-refractivity contribution in [2.75, 3.05) is 44.2 Å². The van der Waals surface area contributed by atoms with Crippen LogP contribution in [-0.2, 0) is 6.42 Å². The average molecular weight is 382 g/mol. The summed E-state index contributed by atoms with van der Waals surface area (Å²) in [6.07, 6.45) is 2.20. The van der Waals surface area contributed by atoms with E-state index < -0.39 is 6.10 Å². The number of piperazine rings is 1. The third-order valence-electron chi connectivity index (χ3n) is 5.41. The second-order valence-corrected chi connectivity index (χ2v) is 7.85. The minimum atomic E-state index is -0.459. The Morgan fingerprint density at radius 3 is 2.46 bits per heavy atom. The number of aliphatic hydroxyl groups is 1. The molecule has 1 atom stereocenters. The SMILES string of the molecule is C=CCc1cc(C)ccc1OC[C@H](O)C[NH+]1CCN(c2ccc(C)cc2)CC1. The fraction of sp³-hybridized carbons (Fsp3) is 0.417.